The van der Waals surface area contributed by atoms with Crippen LogP contribution in [0.15, 0.2) is 155 Å². The Hall–Kier alpha value is -5.80. The average molecular weight is 646 g/mol. The Morgan fingerprint density at radius 1 is 0.840 bits per heavy atom. The fourth-order valence-electron chi connectivity index (χ4n) is 8.70. The zero-order valence-corrected chi connectivity index (χ0v) is 28.4. The van der Waals surface area contributed by atoms with E-state index in [1.807, 2.05) is 6.20 Å². The van der Waals surface area contributed by atoms with E-state index in [9.17, 15) is 0 Å². The van der Waals surface area contributed by atoms with Crippen LogP contribution in [0, 0.1) is 6.92 Å². The molecule has 4 aromatic carbocycles. The molecule has 3 nitrogen and oxygen atoms in total. The van der Waals surface area contributed by atoms with Gasteiger partial charge in [-0.2, -0.15) is 0 Å². The lowest BCUT2D eigenvalue weighted by molar-refractivity contribution is 0.741. The van der Waals surface area contributed by atoms with Crippen LogP contribution in [0.4, 0.5) is 0 Å². The minimum absolute atomic E-state index is 0.557. The Labute approximate surface area is 293 Å². The molecule has 3 aliphatic carbocycles. The van der Waals surface area contributed by atoms with Crippen molar-refractivity contribution in [2.45, 2.75) is 38.0 Å². The number of fused-ring (bicyclic) bond motifs is 9. The van der Waals surface area contributed by atoms with Crippen LogP contribution < -0.4 is 10.6 Å². The number of aromatic nitrogens is 1. The summed E-state index contributed by atoms with van der Waals surface area (Å²) < 4.78 is 2.53. The molecule has 3 heteroatoms. The van der Waals surface area contributed by atoms with Crippen molar-refractivity contribution in [2.75, 3.05) is 6.54 Å². The van der Waals surface area contributed by atoms with Crippen molar-refractivity contribution >= 4 is 41.1 Å². The molecule has 9 rings (SSSR count). The standard InChI is InChI=1S/C47H39N3/c1-32-27-28-40-37(29-32)38(31-48-2)39(22-14-24-43(34-17-7-4-8-18-34)49-30-33-15-5-3-6-16-33)47(40)41-21-10-12-26-45(41)50-44-25-11-9-19-35(44)36-20-13-23-42(47)46(36)50/h4-5,7-8,10,12-29,31H,2-3,6,9,11,30H2,1H3/b24-14+,38-31-,39-22+,49-43?. The fourth-order valence-corrected chi connectivity index (χ4v) is 8.70. The maximum Gasteiger partial charge on any atom is 0.0755 e. The van der Waals surface area contributed by atoms with Gasteiger partial charge in [-0.25, -0.2) is 0 Å². The Morgan fingerprint density at radius 3 is 2.52 bits per heavy atom. The van der Waals surface area contributed by atoms with Crippen LogP contribution in [-0.4, -0.2) is 23.5 Å². The molecule has 0 N–H and O–H groups in total. The summed E-state index contributed by atoms with van der Waals surface area (Å²) in [7, 11) is 0. The van der Waals surface area contributed by atoms with Crippen molar-refractivity contribution in [3.8, 4) is 5.69 Å². The molecule has 2 heterocycles. The predicted octanol–water partition coefficient (Wildman–Crippen LogP) is 9.24. The second kappa shape index (κ2) is 12.3. The zero-order chi connectivity index (χ0) is 33.7. The molecule has 1 aromatic heterocycles. The minimum Gasteiger partial charge on any atom is -0.309 e. The highest BCUT2D eigenvalue weighted by atomic mass is 15.0. The topological polar surface area (TPSA) is 29.6 Å². The first-order chi connectivity index (χ1) is 24.7. The van der Waals surface area contributed by atoms with Gasteiger partial charge in [0, 0.05) is 27.7 Å². The molecule has 0 radical (unpaired) electrons. The van der Waals surface area contributed by atoms with Gasteiger partial charge >= 0.3 is 0 Å². The largest absolute Gasteiger partial charge is 0.309 e. The van der Waals surface area contributed by atoms with Crippen molar-refractivity contribution < 1.29 is 0 Å². The highest BCUT2D eigenvalue weighted by molar-refractivity contribution is 6.09. The van der Waals surface area contributed by atoms with Crippen LogP contribution in [0.5, 0.6) is 0 Å². The quantitative estimate of drug-likeness (QED) is 0.165. The molecule has 1 unspecified atom stereocenters. The van der Waals surface area contributed by atoms with Crippen molar-refractivity contribution in [1.82, 2.24) is 4.57 Å². The van der Waals surface area contributed by atoms with Gasteiger partial charge in [-0.1, -0.05) is 133 Å². The van der Waals surface area contributed by atoms with Gasteiger partial charge in [-0.15, -0.1) is 0 Å². The van der Waals surface area contributed by atoms with Gasteiger partial charge < -0.3 is 4.57 Å². The molecular formula is C47H39N3. The summed E-state index contributed by atoms with van der Waals surface area (Å²) >= 11 is 0. The predicted molar refractivity (Wildman–Crippen MR) is 211 cm³/mol. The van der Waals surface area contributed by atoms with E-state index in [-0.39, 0.29) is 0 Å². The molecule has 0 saturated carbocycles. The molecular weight excluding hydrogens is 607 g/mol. The summed E-state index contributed by atoms with van der Waals surface area (Å²) in [5, 5.41) is 3.97. The van der Waals surface area contributed by atoms with Gasteiger partial charge in [0.25, 0.3) is 0 Å². The lowest BCUT2D eigenvalue weighted by Gasteiger charge is -2.39. The van der Waals surface area contributed by atoms with Gasteiger partial charge in [0.05, 0.1) is 28.9 Å². The molecule has 1 atom stereocenters. The van der Waals surface area contributed by atoms with E-state index in [4.69, 9.17) is 4.99 Å². The summed E-state index contributed by atoms with van der Waals surface area (Å²) in [6.07, 6.45) is 24.6. The molecule has 4 aliphatic rings. The molecule has 1 aliphatic heterocycles. The molecule has 242 valence electrons. The Kier molecular flexibility index (Phi) is 7.43. The van der Waals surface area contributed by atoms with Crippen molar-refractivity contribution in [3.63, 3.8) is 0 Å². The summed E-state index contributed by atoms with van der Waals surface area (Å²) in [5.74, 6) is 0. The summed E-state index contributed by atoms with van der Waals surface area (Å²) in [5.41, 5.74) is 13.9. The number of para-hydroxylation sites is 2. The van der Waals surface area contributed by atoms with E-state index in [0.717, 1.165) is 42.5 Å². The van der Waals surface area contributed by atoms with Gasteiger partial charge in [0.1, 0.15) is 0 Å². The van der Waals surface area contributed by atoms with Gasteiger partial charge in [0.2, 0.25) is 0 Å². The lowest BCUT2D eigenvalue weighted by atomic mass is 9.65. The van der Waals surface area contributed by atoms with E-state index < -0.39 is 5.41 Å². The number of hydrogen-bond donors (Lipinski definition) is 0. The van der Waals surface area contributed by atoms with Gasteiger partial charge in [0.15, 0.2) is 0 Å². The maximum atomic E-state index is 5.15. The first kappa shape index (κ1) is 30.3. The van der Waals surface area contributed by atoms with Gasteiger partial charge in [-0.3, -0.25) is 9.98 Å². The number of benzene rings is 4. The summed E-state index contributed by atoms with van der Waals surface area (Å²) in [6, 6.07) is 33.4. The summed E-state index contributed by atoms with van der Waals surface area (Å²) in [6.45, 7) is 6.79. The first-order valence-electron chi connectivity index (χ1n) is 17.8. The maximum absolute atomic E-state index is 5.15. The van der Waals surface area contributed by atoms with Crippen LogP contribution in [0.3, 0.4) is 0 Å². The van der Waals surface area contributed by atoms with Crippen molar-refractivity contribution in [2.24, 2.45) is 9.98 Å². The summed E-state index contributed by atoms with van der Waals surface area (Å²) in [4.78, 5) is 9.57. The van der Waals surface area contributed by atoms with E-state index in [1.165, 1.54) is 66.1 Å². The lowest BCUT2D eigenvalue weighted by Crippen LogP contribution is -2.37. The fraction of sp³-hybridized carbons (Fsp3) is 0.149. The Morgan fingerprint density at radius 2 is 1.66 bits per heavy atom. The van der Waals surface area contributed by atoms with Crippen molar-refractivity contribution in [3.05, 3.63) is 189 Å². The molecule has 0 amide bonds. The third kappa shape index (κ3) is 4.57. The number of aliphatic imine (C=N–C) groups is 2. The number of aryl methyl sites for hydroxylation is 1. The molecule has 0 bridgehead atoms. The molecule has 50 heavy (non-hydrogen) atoms. The SMILES string of the molecule is C=N\C=C1/C(=C\C=C\C(=NCC2=CCCC=C2)c2ccccc2)C2(c3ccc(C)cc31)c1ccccc1-n1c3c(c4cccc2c41)=CCCC=3. The van der Waals surface area contributed by atoms with Gasteiger partial charge in [-0.05, 0) is 90.4 Å². The molecule has 5 aromatic rings. The molecule has 0 fully saturated rings. The second-order valence-electron chi connectivity index (χ2n) is 13.6. The van der Waals surface area contributed by atoms with E-state index in [0.29, 0.717) is 6.54 Å². The van der Waals surface area contributed by atoms with E-state index >= 15 is 0 Å². The Balaban J connectivity index is 1.33. The minimum atomic E-state index is -0.557. The Bertz CT molecular complexity index is 2530. The number of hydrogen-bond acceptors (Lipinski definition) is 2. The van der Waals surface area contributed by atoms with Crippen molar-refractivity contribution in [1.29, 1.82) is 0 Å². The second-order valence-corrected chi connectivity index (χ2v) is 13.6. The number of rotatable bonds is 6. The van der Waals surface area contributed by atoms with Crippen LogP contribution >= 0.6 is 0 Å². The number of nitrogens with zero attached hydrogens (tertiary/aromatic N) is 3. The first-order valence-corrected chi connectivity index (χ1v) is 17.8. The number of allylic oxidation sites excluding steroid dienone is 7. The molecule has 0 saturated heterocycles. The molecule has 1 spiro atoms. The highest BCUT2D eigenvalue weighted by Crippen LogP contribution is 2.60. The highest BCUT2D eigenvalue weighted by Gasteiger charge is 2.52. The van der Waals surface area contributed by atoms with Crippen LogP contribution in [-0.2, 0) is 5.41 Å². The third-order valence-electron chi connectivity index (χ3n) is 10.7. The van der Waals surface area contributed by atoms with E-state index in [2.05, 4.69) is 163 Å². The smallest absolute Gasteiger partial charge is 0.0755 e. The van der Waals surface area contributed by atoms with Crippen LogP contribution in [0.1, 0.15) is 59.1 Å². The zero-order valence-electron chi connectivity index (χ0n) is 28.4. The van der Waals surface area contributed by atoms with E-state index in [1.54, 1.807) is 0 Å². The third-order valence-corrected chi connectivity index (χ3v) is 10.7. The van der Waals surface area contributed by atoms with Crippen LogP contribution in [0.2, 0.25) is 0 Å². The monoisotopic (exact) mass is 645 g/mol. The average Bonchev–Trinajstić information content (AvgIpc) is 3.64. The van der Waals surface area contributed by atoms with Crippen LogP contribution in [0.25, 0.3) is 34.3 Å². The normalized spacial score (nSPS) is 20.5.